The molecule has 0 spiro atoms. The number of alkyl halides is 4. The Morgan fingerprint density at radius 1 is 1.16 bits per heavy atom. The van der Waals surface area contributed by atoms with E-state index in [2.05, 4.69) is 36.1 Å². The lowest BCUT2D eigenvalue weighted by molar-refractivity contribution is -0.118. The molecule has 0 aliphatic rings. The van der Waals surface area contributed by atoms with E-state index in [9.17, 15) is 22.8 Å². The molecule has 2 amide bonds. The molecule has 3 aromatic rings. The standard InChI is InChI=1S/C22H25Cl2F3N8O2/c1-11-19(12(2)33-32-11)14-6-7-18(30-20(14)27)31-21(36)15(4-3-5-17(23)24)29-22(37)16-10-28-34-35(16)13(8-25)9-26/h6-7,10,13,15,17H,3-5,8-9H2,1-2H3,(H,29,37)(H,32,33)(H,30,31,36)/t15-/m0/s1. The highest BCUT2D eigenvalue weighted by atomic mass is 35.5. The van der Waals surface area contributed by atoms with E-state index in [0.717, 1.165) is 10.9 Å². The topological polar surface area (TPSA) is 130 Å². The van der Waals surface area contributed by atoms with Gasteiger partial charge in [-0.15, -0.1) is 28.3 Å². The van der Waals surface area contributed by atoms with Crippen LogP contribution in [0.25, 0.3) is 11.1 Å². The van der Waals surface area contributed by atoms with Gasteiger partial charge in [0.2, 0.25) is 11.9 Å². The Bertz CT molecular complexity index is 1210. The summed E-state index contributed by atoms with van der Waals surface area (Å²) in [4.78, 5) is 29.0. The van der Waals surface area contributed by atoms with E-state index in [4.69, 9.17) is 23.2 Å². The van der Waals surface area contributed by atoms with E-state index in [1.54, 1.807) is 13.8 Å². The molecule has 15 heteroatoms. The molecule has 3 N–H and O–H groups in total. The number of pyridine rings is 1. The zero-order valence-corrected chi connectivity index (χ0v) is 21.5. The molecule has 3 aromatic heterocycles. The summed E-state index contributed by atoms with van der Waals surface area (Å²) in [6.07, 6.45) is 1.83. The Hall–Kier alpha value is -3.19. The summed E-state index contributed by atoms with van der Waals surface area (Å²) in [5.41, 5.74) is 1.79. The van der Waals surface area contributed by atoms with Gasteiger partial charge in [-0.3, -0.25) is 14.7 Å². The highest BCUT2D eigenvalue weighted by Crippen LogP contribution is 2.28. The van der Waals surface area contributed by atoms with Crippen LogP contribution in [0.2, 0.25) is 0 Å². The first kappa shape index (κ1) is 28.4. The molecule has 0 aromatic carbocycles. The van der Waals surface area contributed by atoms with Crippen molar-refractivity contribution < 1.29 is 22.8 Å². The van der Waals surface area contributed by atoms with E-state index in [1.807, 2.05) is 0 Å². The third kappa shape index (κ3) is 6.98. The smallest absolute Gasteiger partial charge is 0.271 e. The molecular formula is C22H25Cl2F3N8O2. The van der Waals surface area contributed by atoms with Crippen molar-refractivity contribution in [3.8, 4) is 11.1 Å². The summed E-state index contributed by atoms with van der Waals surface area (Å²) in [6, 6.07) is 0.401. The van der Waals surface area contributed by atoms with Crippen LogP contribution >= 0.6 is 23.2 Å². The van der Waals surface area contributed by atoms with Crippen molar-refractivity contribution in [2.24, 2.45) is 0 Å². The Balaban J connectivity index is 1.78. The minimum Gasteiger partial charge on any atom is -0.339 e. The van der Waals surface area contributed by atoms with Crippen molar-refractivity contribution in [1.82, 2.24) is 35.5 Å². The minimum absolute atomic E-state index is 0.0847. The van der Waals surface area contributed by atoms with Gasteiger partial charge in [0.05, 0.1) is 11.9 Å². The van der Waals surface area contributed by atoms with E-state index in [-0.39, 0.29) is 23.5 Å². The lowest BCUT2D eigenvalue weighted by atomic mass is 10.1. The highest BCUT2D eigenvalue weighted by molar-refractivity contribution is 6.44. The van der Waals surface area contributed by atoms with Crippen molar-refractivity contribution in [1.29, 1.82) is 0 Å². The number of aromatic amines is 1. The molecule has 3 rings (SSSR count). The van der Waals surface area contributed by atoms with Gasteiger partial charge in [0, 0.05) is 16.8 Å². The van der Waals surface area contributed by atoms with Crippen LogP contribution in [0.1, 0.15) is 47.2 Å². The van der Waals surface area contributed by atoms with Gasteiger partial charge in [0.25, 0.3) is 5.91 Å². The van der Waals surface area contributed by atoms with Crippen molar-refractivity contribution in [3.63, 3.8) is 0 Å². The fourth-order valence-electron chi connectivity index (χ4n) is 3.68. The van der Waals surface area contributed by atoms with Crippen LogP contribution in [0.15, 0.2) is 18.3 Å². The van der Waals surface area contributed by atoms with Crippen LogP contribution in [0.3, 0.4) is 0 Å². The SMILES string of the molecule is Cc1n[nH]c(C)c1-c1ccc(NC(=O)[C@H](CCCC(Cl)Cl)NC(=O)c2cnnn2C(CF)CF)nc1F. The van der Waals surface area contributed by atoms with Gasteiger partial charge < -0.3 is 10.6 Å². The summed E-state index contributed by atoms with van der Waals surface area (Å²) in [7, 11) is 0. The maximum absolute atomic E-state index is 14.8. The number of nitrogens with one attached hydrogen (secondary N) is 3. The molecule has 0 fully saturated rings. The average Bonchev–Trinajstić information content (AvgIpc) is 3.46. The molecule has 0 unspecified atom stereocenters. The first-order valence-corrected chi connectivity index (χ1v) is 12.1. The Morgan fingerprint density at radius 3 is 2.49 bits per heavy atom. The number of aromatic nitrogens is 6. The normalized spacial score (nSPS) is 12.2. The van der Waals surface area contributed by atoms with Gasteiger partial charge >= 0.3 is 0 Å². The zero-order valence-electron chi connectivity index (χ0n) is 19.9. The number of anilines is 1. The van der Waals surface area contributed by atoms with Gasteiger partial charge in [-0.1, -0.05) is 5.21 Å². The average molecular weight is 561 g/mol. The number of hydrogen-bond acceptors (Lipinski definition) is 6. The quantitative estimate of drug-likeness (QED) is 0.226. The molecule has 0 saturated heterocycles. The zero-order chi connectivity index (χ0) is 27.1. The van der Waals surface area contributed by atoms with E-state index in [0.29, 0.717) is 29.8 Å². The summed E-state index contributed by atoms with van der Waals surface area (Å²) in [5, 5.41) is 18.9. The second kappa shape index (κ2) is 12.9. The molecule has 0 aliphatic heterocycles. The van der Waals surface area contributed by atoms with Crippen LogP contribution in [0, 0.1) is 19.8 Å². The van der Waals surface area contributed by atoms with Gasteiger partial charge in [-0.05, 0) is 45.2 Å². The Labute approximate surface area is 220 Å². The largest absolute Gasteiger partial charge is 0.339 e. The number of rotatable bonds is 12. The van der Waals surface area contributed by atoms with Crippen molar-refractivity contribution >= 4 is 40.8 Å². The number of carbonyl (C=O) groups is 2. The molecule has 200 valence electrons. The van der Waals surface area contributed by atoms with E-state index in [1.165, 1.54) is 12.1 Å². The molecule has 3 heterocycles. The molecule has 37 heavy (non-hydrogen) atoms. The second-order valence-electron chi connectivity index (χ2n) is 8.21. The van der Waals surface area contributed by atoms with Gasteiger partial charge in [-0.25, -0.2) is 18.4 Å². The molecule has 0 radical (unpaired) electrons. The van der Waals surface area contributed by atoms with Crippen LogP contribution in [-0.2, 0) is 4.79 Å². The number of amides is 2. The number of H-pyrrole nitrogens is 1. The monoisotopic (exact) mass is 560 g/mol. The van der Waals surface area contributed by atoms with Crippen LogP contribution < -0.4 is 10.6 Å². The minimum atomic E-state index is -1.34. The number of halogens is 5. The number of hydrogen-bond donors (Lipinski definition) is 3. The molecule has 10 nitrogen and oxygen atoms in total. The molecule has 0 bridgehead atoms. The first-order valence-electron chi connectivity index (χ1n) is 11.3. The molecule has 1 atom stereocenters. The Morgan fingerprint density at radius 2 is 1.89 bits per heavy atom. The summed E-state index contributed by atoms with van der Waals surface area (Å²) in [6.45, 7) is 1.25. The fraction of sp³-hybridized carbons (Fsp3) is 0.455. The van der Waals surface area contributed by atoms with Crippen molar-refractivity contribution in [2.45, 2.75) is 50.0 Å². The third-order valence-electron chi connectivity index (χ3n) is 5.54. The highest BCUT2D eigenvalue weighted by Gasteiger charge is 2.26. The third-order valence-corrected chi connectivity index (χ3v) is 5.98. The Kier molecular flexibility index (Phi) is 9.86. The fourth-order valence-corrected chi connectivity index (χ4v) is 3.99. The predicted molar refractivity (Wildman–Crippen MR) is 131 cm³/mol. The molecule has 0 saturated carbocycles. The predicted octanol–water partition coefficient (Wildman–Crippen LogP) is 4.01. The van der Waals surface area contributed by atoms with Crippen LogP contribution in [0.5, 0.6) is 0 Å². The molecule has 0 aliphatic carbocycles. The van der Waals surface area contributed by atoms with Gasteiger partial charge in [-0.2, -0.15) is 9.49 Å². The summed E-state index contributed by atoms with van der Waals surface area (Å²) >= 11 is 11.5. The lowest BCUT2D eigenvalue weighted by Gasteiger charge is -2.19. The lowest BCUT2D eigenvalue weighted by Crippen LogP contribution is -2.44. The van der Waals surface area contributed by atoms with Gasteiger partial charge in [0.15, 0.2) is 0 Å². The number of carbonyl (C=O) groups excluding carboxylic acids is 2. The van der Waals surface area contributed by atoms with E-state index < -0.39 is 48.0 Å². The number of nitrogens with zero attached hydrogens (tertiary/aromatic N) is 5. The maximum atomic E-state index is 14.8. The van der Waals surface area contributed by atoms with Crippen molar-refractivity contribution in [2.75, 3.05) is 18.7 Å². The second-order valence-corrected chi connectivity index (χ2v) is 9.48. The van der Waals surface area contributed by atoms with Crippen LogP contribution in [0.4, 0.5) is 19.0 Å². The van der Waals surface area contributed by atoms with Crippen molar-refractivity contribution in [3.05, 3.63) is 41.4 Å². The molecular weight excluding hydrogens is 536 g/mol. The maximum Gasteiger partial charge on any atom is 0.271 e. The van der Waals surface area contributed by atoms with Gasteiger partial charge in [0.1, 0.15) is 41.8 Å². The van der Waals surface area contributed by atoms with E-state index >= 15 is 0 Å². The van der Waals surface area contributed by atoms with Crippen LogP contribution in [-0.4, -0.2) is 66.2 Å². The summed E-state index contributed by atoms with van der Waals surface area (Å²) < 4.78 is 41.9. The number of aryl methyl sites for hydroxylation is 2. The summed E-state index contributed by atoms with van der Waals surface area (Å²) in [5.74, 6) is -2.43. The first-order chi connectivity index (χ1) is 17.7.